The molecule has 0 spiro atoms. The Hall–Kier alpha value is -3.42. The van der Waals surface area contributed by atoms with Crippen molar-refractivity contribution in [3.63, 3.8) is 0 Å². The maximum Gasteiger partial charge on any atom is 0.244 e. The lowest BCUT2D eigenvalue weighted by Gasteiger charge is -2.13. The molecule has 4 aromatic rings. The van der Waals surface area contributed by atoms with Crippen LogP contribution >= 0.6 is 15.9 Å². The number of benzene rings is 2. The van der Waals surface area contributed by atoms with E-state index in [4.69, 9.17) is 18.9 Å². The highest BCUT2D eigenvalue weighted by atomic mass is 79.9. The van der Waals surface area contributed by atoms with E-state index < -0.39 is 10.0 Å². The summed E-state index contributed by atoms with van der Waals surface area (Å²) in [7, 11) is -0.701. The summed E-state index contributed by atoms with van der Waals surface area (Å²) in [6.45, 7) is 2.18. The maximum atomic E-state index is 12.8. The predicted octanol–water partition coefficient (Wildman–Crippen LogP) is 3.33. The lowest BCUT2D eigenvalue weighted by Crippen LogP contribution is -2.28. The van der Waals surface area contributed by atoms with Gasteiger partial charge in [-0.05, 0) is 49.4 Å². The smallest absolute Gasteiger partial charge is 0.244 e. The number of aromatic nitrogens is 4. The van der Waals surface area contributed by atoms with Gasteiger partial charge in [-0.3, -0.25) is 0 Å². The highest BCUT2D eigenvalue weighted by Crippen LogP contribution is 2.32. The molecular formula is C23H24BrN5O6S. The van der Waals surface area contributed by atoms with Crippen molar-refractivity contribution in [3.8, 4) is 34.5 Å². The second-order valence-corrected chi connectivity index (χ2v) is 9.95. The van der Waals surface area contributed by atoms with Crippen LogP contribution in [0.15, 0.2) is 57.9 Å². The molecule has 0 unspecified atom stereocenters. The van der Waals surface area contributed by atoms with Gasteiger partial charge in [-0.2, -0.15) is 4.52 Å². The average Bonchev–Trinajstić information content (AvgIpc) is 3.30. The van der Waals surface area contributed by atoms with Gasteiger partial charge in [0.2, 0.25) is 15.9 Å². The fourth-order valence-electron chi connectivity index (χ4n) is 3.38. The molecule has 0 radical (unpaired) electrons. The van der Waals surface area contributed by atoms with Crippen LogP contribution in [0.3, 0.4) is 0 Å². The molecule has 0 saturated carbocycles. The SMILES string of the molecule is CCOc1ccc(Br)cc1S(=O)(=O)NCCOc1ccc2nnc(-c3cc(OC)ccc3OC)n2n1. The van der Waals surface area contributed by atoms with E-state index in [1.54, 1.807) is 63.6 Å². The van der Waals surface area contributed by atoms with Gasteiger partial charge in [-0.25, -0.2) is 13.1 Å². The number of sulfonamides is 1. The first-order chi connectivity index (χ1) is 17.4. The van der Waals surface area contributed by atoms with E-state index in [2.05, 4.69) is 35.9 Å². The van der Waals surface area contributed by atoms with Gasteiger partial charge in [-0.15, -0.1) is 15.3 Å². The number of rotatable bonds is 11. The summed E-state index contributed by atoms with van der Waals surface area (Å²) in [6, 6.07) is 13.5. The molecule has 0 amide bonds. The summed E-state index contributed by atoms with van der Waals surface area (Å²) in [5.74, 6) is 2.17. The van der Waals surface area contributed by atoms with Crippen molar-refractivity contribution in [2.45, 2.75) is 11.8 Å². The summed E-state index contributed by atoms with van der Waals surface area (Å²) in [5.41, 5.74) is 1.14. The van der Waals surface area contributed by atoms with Crippen LogP contribution in [0.4, 0.5) is 0 Å². The molecule has 0 bridgehead atoms. The third-order valence-corrected chi connectivity index (χ3v) is 7.00. The van der Waals surface area contributed by atoms with Gasteiger partial charge in [0.25, 0.3) is 0 Å². The molecule has 0 aliphatic carbocycles. The monoisotopic (exact) mass is 577 g/mol. The fraction of sp³-hybridized carbons (Fsp3) is 0.261. The van der Waals surface area contributed by atoms with Gasteiger partial charge in [0.05, 0.1) is 26.4 Å². The zero-order valence-electron chi connectivity index (χ0n) is 19.8. The van der Waals surface area contributed by atoms with Crippen molar-refractivity contribution < 1.29 is 27.4 Å². The van der Waals surface area contributed by atoms with Crippen LogP contribution in [0.25, 0.3) is 17.0 Å². The van der Waals surface area contributed by atoms with Crippen LogP contribution in [-0.4, -0.2) is 62.2 Å². The number of hydrogen-bond acceptors (Lipinski definition) is 9. The Morgan fingerprint density at radius 1 is 0.972 bits per heavy atom. The topological polar surface area (TPSA) is 126 Å². The standard InChI is InChI=1S/C23H24BrN5O6S/c1-4-34-19-7-5-15(24)13-20(19)36(30,31)25-11-12-35-22-10-9-21-26-27-23(29(21)28-22)17-14-16(32-2)6-8-18(17)33-3/h5-10,13-14,25H,4,11-12H2,1-3H3. The van der Waals surface area contributed by atoms with Crippen LogP contribution < -0.4 is 23.7 Å². The van der Waals surface area contributed by atoms with Gasteiger partial charge in [-0.1, -0.05) is 15.9 Å². The van der Waals surface area contributed by atoms with E-state index in [-0.39, 0.29) is 29.7 Å². The summed E-state index contributed by atoms with van der Waals surface area (Å²) in [6.07, 6.45) is 0. The Balaban J connectivity index is 1.49. The molecule has 2 heterocycles. The number of hydrogen-bond donors (Lipinski definition) is 1. The van der Waals surface area contributed by atoms with Crippen molar-refractivity contribution >= 4 is 31.6 Å². The molecule has 2 aromatic carbocycles. The average molecular weight is 578 g/mol. The number of nitrogens with one attached hydrogen (secondary N) is 1. The van der Waals surface area contributed by atoms with Crippen LogP contribution in [0, 0.1) is 0 Å². The van der Waals surface area contributed by atoms with Gasteiger partial charge in [0, 0.05) is 17.1 Å². The number of ether oxygens (including phenoxy) is 4. The van der Waals surface area contributed by atoms with Crippen molar-refractivity contribution in [3.05, 3.63) is 53.0 Å². The number of methoxy groups -OCH3 is 2. The molecule has 0 atom stereocenters. The maximum absolute atomic E-state index is 12.8. The third kappa shape index (κ3) is 5.53. The summed E-state index contributed by atoms with van der Waals surface area (Å²) in [4.78, 5) is 0.0413. The highest BCUT2D eigenvalue weighted by molar-refractivity contribution is 9.10. The minimum Gasteiger partial charge on any atom is -0.497 e. The first-order valence-corrected chi connectivity index (χ1v) is 13.1. The van der Waals surface area contributed by atoms with Crippen molar-refractivity contribution in [1.82, 2.24) is 24.5 Å². The molecule has 13 heteroatoms. The summed E-state index contributed by atoms with van der Waals surface area (Å²) >= 11 is 3.30. The molecule has 1 N–H and O–H groups in total. The van der Waals surface area contributed by atoms with Crippen molar-refractivity contribution in [2.24, 2.45) is 0 Å². The summed E-state index contributed by atoms with van der Waals surface area (Å²) in [5, 5.41) is 12.8. The fourth-order valence-corrected chi connectivity index (χ4v) is 5.08. The van der Waals surface area contributed by atoms with Gasteiger partial charge in [0.1, 0.15) is 28.8 Å². The normalized spacial score (nSPS) is 11.4. The minimum absolute atomic E-state index is 0.0128. The van der Waals surface area contributed by atoms with E-state index in [0.29, 0.717) is 39.6 Å². The molecule has 4 rings (SSSR count). The van der Waals surface area contributed by atoms with Crippen LogP contribution in [0.5, 0.6) is 23.1 Å². The van der Waals surface area contributed by atoms with Gasteiger partial charge < -0.3 is 18.9 Å². The number of nitrogens with zero attached hydrogens (tertiary/aromatic N) is 4. The number of halogens is 1. The molecule has 0 saturated heterocycles. The van der Waals surface area contributed by atoms with Crippen molar-refractivity contribution in [2.75, 3.05) is 34.0 Å². The number of fused-ring (bicyclic) bond motifs is 1. The Labute approximate surface area is 216 Å². The zero-order chi connectivity index (χ0) is 25.7. The minimum atomic E-state index is -3.83. The highest BCUT2D eigenvalue weighted by Gasteiger charge is 2.20. The first kappa shape index (κ1) is 25.7. The van der Waals surface area contributed by atoms with Gasteiger partial charge >= 0.3 is 0 Å². The van der Waals surface area contributed by atoms with Gasteiger partial charge in [0.15, 0.2) is 11.5 Å². The molecule has 0 fully saturated rings. The Morgan fingerprint density at radius 3 is 2.53 bits per heavy atom. The second-order valence-electron chi connectivity index (χ2n) is 7.30. The van der Waals surface area contributed by atoms with E-state index in [1.807, 2.05) is 0 Å². The lowest BCUT2D eigenvalue weighted by molar-refractivity contribution is 0.305. The third-order valence-electron chi connectivity index (χ3n) is 5.03. The zero-order valence-corrected chi connectivity index (χ0v) is 22.2. The van der Waals surface area contributed by atoms with Crippen LogP contribution in [-0.2, 0) is 10.0 Å². The van der Waals surface area contributed by atoms with Crippen LogP contribution in [0.1, 0.15) is 6.92 Å². The molecule has 190 valence electrons. The van der Waals surface area contributed by atoms with Crippen LogP contribution in [0.2, 0.25) is 0 Å². The first-order valence-electron chi connectivity index (χ1n) is 10.9. The molecule has 0 aliphatic heterocycles. The molecule has 36 heavy (non-hydrogen) atoms. The summed E-state index contributed by atoms with van der Waals surface area (Å²) < 4.78 is 52.2. The molecule has 11 nitrogen and oxygen atoms in total. The largest absolute Gasteiger partial charge is 0.497 e. The molecule has 2 aromatic heterocycles. The van der Waals surface area contributed by atoms with E-state index in [0.717, 1.165) is 0 Å². The Bertz CT molecular complexity index is 1480. The predicted molar refractivity (Wildman–Crippen MR) is 135 cm³/mol. The lowest BCUT2D eigenvalue weighted by atomic mass is 10.2. The quantitative estimate of drug-likeness (QED) is 0.267. The van der Waals surface area contributed by atoms with E-state index in [1.165, 1.54) is 10.6 Å². The van der Waals surface area contributed by atoms with E-state index in [9.17, 15) is 8.42 Å². The molecule has 0 aliphatic rings. The van der Waals surface area contributed by atoms with E-state index >= 15 is 0 Å². The Kier molecular flexibility index (Phi) is 7.91. The molecular weight excluding hydrogens is 554 g/mol. The Morgan fingerprint density at radius 2 is 1.78 bits per heavy atom. The van der Waals surface area contributed by atoms with Crippen molar-refractivity contribution in [1.29, 1.82) is 0 Å². The second kappa shape index (κ2) is 11.1.